The van der Waals surface area contributed by atoms with E-state index in [1.807, 2.05) is 0 Å². The largest absolute Gasteiger partial charge is 0.466 e. The number of esters is 2. The molecule has 2 aromatic rings. The van der Waals surface area contributed by atoms with Gasteiger partial charge in [-0.25, -0.2) is 9.59 Å². The van der Waals surface area contributed by atoms with Gasteiger partial charge in [-0.1, -0.05) is 24.3 Å². The lowest BCUT2D eigenvalue weighted by Gasteiger charge is -2.32. The lowest BCUT2D eigenvalue weighted by Crippen LogP contribution is -2.39. The van der Waals surface area contributed by atoms with Crippen molar-refractivity contribution in [2.75, 3.05) is 32.5 Å². The minimum absolute atomic E-state index is 0.0335. The van der Waals surface area contributed by atoms with Crippen LogP contribution in [0, 0.1) is 6.92 Å². The smallest absolute Gasteiger partial charge is 0.355 e. The maximum absolute atomic E-state index is 12.8. The Morgan fingerprint density at radius 1 is 1.00 bits per heavy atom. The highest BCUT2D eigenvalue weighted by Gasteiger charge is 2.33. The number of nitrogens with zero attached hydrogens (tertiary/aromatic N) is 1. The van der Waals surface area contributed by atoms with Crippen LogP contribution in [-0.4, -0.2) is 47.9 Å². The fourth-order valence-electron chi connectivity index (χ4n) is 3.02. The second-order valence-electron chi connectivity index (χ2n) is 6.51. The number of rotatable bonds is 6. The van der Waals surface area contributed by atoms with Crippen molar-refractivity contribution in [1.29, 1.82) is 0 Å². The highest BCUT2D eigenvalue weighted by molar-refractivity contribution is 7.87. The molecular formula is C21H21NO8S. The number of aryl methyl sites for hydroxylation is 1. The van der Waals surface area contributed by atoms with Crippen LogP contribution in [0.5, 0.6) is 5.75 Å². The van der Waals surface area contributed by atoms with Gasteiger partial charge >= 0.3 is 22.1 Å². The van der Waals surface area contributed by atoms with Crippen molar-refractivity contribution in [1.82, 2.24) is 0 Å². The van der Waals surface area contributed by atoms with Crippen LogP contribution >= 0.6 is 0 Å². The summed E-state index contributed by atoms with van der Waals surface area (Å²) in [4.78, 5) is 25.9. The van der Waals surface area contributed by atoms with E-state index in [0.29, 0.717) is 11.3 Å². The van der Waals surface area contributed by atoms with Crippen LogP contribution < -0.4 is 9.08 Å². The van der Waals surface area contributed by atoms with Gasteiger partial charge in [0.15, 0.2) is 0 Å². The second kappa shape index (κ2) is 9.19. The topological polar surface area (TPSA) is 108 Å². The first-order valence-electron chi connectivity index (χ1n) is 9.13. The lowest BCUT2D eigenvalue weighted by atomic mass is 10.1. The predicted octanol–water partition coefficient (Wildman–Crippen LogP) is 2.16. The van der Waals surface area contributed by atoms with E-state index in [9.17, 15) is 18.0 Å². The molecule has 0 spiro atoms. The molecule has 0 unspecified atom stereocenters. The number of ether oxygens (including phenoxy) is 3. The first-order chi connectivity index (χ1) is 14.8. The van der Waals surface area contributed by atoms with Crippen molar-refractivity contribution in [3.8, 4) is 5.75 Å². The Bertz CT molecular complexity index is 1130. The maximum atomic E-state index is 12.8. The average molecular weight is 447 g/mol. The number of hydrogen-bond acceptors (Lipinski definition) is 9. The van der Waals surface area contributed by atoms with Gasteiger partial charge in [-0.05, 0) is 36.8 Å². The fraction of sp³-hybridized carbons (Fsp3) is 0.238. The van der Waals surface area contributed by atoms with E-state index in [1.54, 1.807) is 31.2 Å². The summed E-state index contributed by atoms with van der Waals surface area (Å²) in [5, 5.41) is 0. The average Bonchev–Trinajstić information content (AvgIpc) is 2.78. The standard InChI is InChI=1S/C21H21NO8S/c1-14-9-10-16(31(25,26)30-15-7-5-4-6-8-15)11-18(14)22-13-29-12-17(20(23)27-2)19(22)21(24)28-3/h4-11H,12-13H2,1-3H3. The minimum atomic E-state index is -4.16. The third-order valence-electron chi connectivity index (χ3n) is 4.54. The first-order valence-corrected chi connectivity index (χ1v) is 10.5. The zero-order valence-corrected chi connectivity index (χ0v) is 18.0. The van der Waals surface area contributed by atoms with Gasteiger partial charge in [0.2, 0.25) is 0 Å². The maximum Gasteiger partial charge on any atom is 0.355 e. The number of para-hydroxylation sites is 1. The summed E-state index contributed by atoms with van der Waals surface area (Å²) >= 11 is 0. The van der Waals surface area contributed by atoms with Crippen LogP contribution in [0.15, 0.2) is 64.7 Å². The van der Waals surface area contributed by atoms with Gasteiger partial charge in [-0.3, -0.25) is 0 Å². The molecule has 0 aromatic heterocycles. The van der Waals surface area contributed by atoms with E-state index in [1.165, 1.54) is 43.4 Å². The SMILES string of the molecule is COC(=O)C1=C(C(=O)OC)N(c2cc(S(=O)(=O)Oc3ccccc3)ccc2C)COC1. The summed E-state index contributed by atoms with van der Waals surface area (Å²) in [6.45, 7) is 1.47. The van der Waals surface area contributed by atoms with Gasteiger partial charge in [-0.15, -0.1) is 0 Å². The quantitative estimate of drug-likeness (QED) is 0.486. The van der Waals surface area contributed by atoms with E-state index in [2.05, 4.69) is 0 Å². The van der Waals surface area contributed by atoms with E-state index < -0.39 is 22.1 Å². The molecule has 164 valence electrons. The third-order valence-corrected chi connectivity index (χ3v) is 5.79. The fourth-order valence-corrected chi connectivity index (χ4v) is 3.97. The Morgan fingerprint density at radius 2 is 1.68 bits per heavy atom. The molecule has 31 heavy (non-hydrogen) atoms. The minimum Gasteiger partial charge on any atom is -0.466 e. The van der Waals surface area contributed by atoms with E-state index in [-0.39, 0.29) is 35.3 Å². The molecule has 0 bridgehead atoms. The molecular weight excluding hydrogens is 426 g/mol. The highest BCUT2D eigenvalue weighted by atomic mass is 32.2. The van der Waals surface area contributed by atoms with Gasteiger partial charge in [0.1, 0.15) is 23.1 Å². The highest BCUT2D eigenvalue weighted by Crippen LogP contribution is 2.32. The molecule has 3 rings (SSSR count). The molecule has 0 saturated carbocycles. The van der Waals surface area contributed by atoms with Crippen LogP contribution in [0.3, 0.4) is 0 Å². The molecule has 9 nitrogen and oxygen atoms in total. The van der Waals surface area contributed by atoms with Crippen molar-refractivity contribution in [3.05, 3.63) is 65.4 Å². The van der Waals surface area contributed by atoms with Gasteiger partial charge < -0.3 is 23.3 Å². The van der Waals surface area contributed by atoms with Crippen molar-refractivity contribution in [3.63, 3.8) is 0 Å². The third kappa shape index (κ3) is 4.70. The van der Waals surface area contributed by atoms with Gasteiger partial charge in [0.25, 0.3) is 0 Å². The number of methoxy groups -OCH3 is 2. The summed E-state index contributed by atoms with van der Waals surface area (Å²) in [5.74, 6) is -1.37. The molecule has 10 heteroatoms. The molecule has 0 atom stereocenters. The van der Waals surface area contributed by atoms with Gasteiger partial charge in [0, 0.05) is 5.69 Å². The Hall–Kier alpha value is -3.37. The van der Waals surface area contributed by atoms with Crippen molar-refractivity contribution >= 4 is 27.7 Å². The number of carbonyl (C=O) groups excluding carboxylic acids is 2. The number of anilines is 1. The number of benzene rings is 2. The van der Waals surface area contributed by atoms with E-state index >= 15 is 0 Å². The molecule has 0 fully saturated rings. The Balaban J connectivity index is 2.08. The summed E-state index contributed by atoms with van der Waals surface area (Å²) < 4.78 is 45.8. The molecule has 0 radical (unpaired) electrons. The van der Waals surface area contributed by atoms with Crippen LogP contribution in [0.1, 0.15) is 5.56 Å². The van der Waals surface area contributed by atoms with E-state index in [0.717, 1.165) is 0 Å². The Morgan fingerprint density at radius 3 is 2.32 bits per heavy atom. The molecule has 0 saturated heterocycles. The molecule has 1 aliphatic heterocycles. The molecule has 0 N–H and O–H groups in total. The summed E-state index contributed by atoms with van der Waals surface area (Å²) in [5.41, 5.74) is 0.852. The van der Waals surface area contributed by atoms with Crippen LogP contribution in [0.2, 0.25) is 0 Å². The Kier molecular flexibility index (Phi) is 6.62. The monoisotopic (exact) mass is 447 g/mol. The first kappa shape index (κ1) is 22.3. The van der Waals surface area contributed by atoms with Gasteiger partial charge in [0.05, 0.1) is 26.4 Å². The molecule has 1 aliphatic rings. The number of carbonyl (C=O) groups is 2. The van der Waals surface area contributed by atoms with Crippen LogP contribution in [0.25, 0.3) is 0 Å². The predicted molar refractivity (Wildman–Crippen MR) is 110 cm³/mol. The van der Waals surface area contributed by atoms with Gasteiger partial charge in [-0.2, -0.15) is 8.42 Å². The summed E-state index contributed by atoms with van der Waals surface area (Å²) in [7, 11) is -1.80. The second-order valence-corrected chi connectivity index (χ2v) is 8.06. The van der Waals surface area contributed by atoms with Crippen molar-refractivity contribution in [2.45, 2.75) is 11.8 Å². The molecule has 1 heterocycles. The zero-order chi connectivity index (χ0) is 22.6. The molecule has 2 aromatic carbocycles. The normalized spacial score (nSPS) is 14.2. The summed E-state index contributed by atoms with van der Waals surface area (Å²) in [6.07, 6.45) is 0. The van der Waals surface area contributed by atoms with Crippen LogP contribution in [-0.2, 0) is 33.9 Å². The molecule has 0 aliphatic carbocycles. The lowest BCUT2D eigenvalue weighted by molar-refractivity contribution is -0.140. The van der Waals surface area contributed by atoms with Crippen molar-refractivity contribution in [2.24, 2.45) is 0 Å². The zero-order valence-electron chi connectivity index (χ0n) is 17.2. The Labute approximate surface area is 179 Å². The molecule has 0 amide bonds. The van der Waals surface area contributed by atoms with Crippen LogP contribution in [0.4, 0.5) is 5.69 Å². The summed E-state index contributed by atoms with van der Waals surface area (Å²) in [6, 6.07) is 12.4. The number of hydrogen-bond donors (Lipinski definition) is 0. The van der Waals surface area contributed by atoms with E-state index in [4.69, 9.17) is 18.4 Å². The van der Waals surface area contributed by atoms with Crippen molar-refractivity contribution < 1.29 is 36.4 Å².